The van der Waals surface area contributed by atoms with E-state index in [4.69, 9.17) is 5.11 Å². The Morgan fingerprint density at radius 1 is 1.33 bits per heavy atom. The van der Waals surface area contributed by atoms with Gasteiger partial charge >= 0.3 is 0 Å². The summed E-state index contributed by atoms with van der Waals surface area (Å²) < 4.78 is 0. The molecule has 0 aromatic carbocycles. The minimum Gasteiger partial charge on any atom is -0.392 e. The standard InChI is InChI=1S/C8H14O/c1-7(2)5-4-6-8(3)9/h7-9H,6H2,1-3H3. The van der Waals surface area contributed by atoms with E-state index in [1.165, 1.54) is 0 Å². The van der Waals surface area contributed by atoms with Crippen LogP contribution in [0.4, 0.5) is 0 Å². The van der Waals surface area contributed by atoms with Crippen LogP contribution in [0.2, 0.25) is 0 Å². The van der Waals surface area contributed by atoms with Crippen LogP contribution in [0, 0.1) is 17.8 Å². The molecule has 0 aliphatic heterocycles. The average molecular weight is 126 g/mol. The summed E-state index contributed by atoms with van der Waals surface area (Å²) in [6.07, 6.45) is 0.314. The van der Waals surface area contributed by atoms with Crippen molar-refractivity contribution >= 4 is 0 Å². The van der Waals surface area contributed by atoms with Gasteiger partial charge in [0.1, 0.15) is 0 Å². The van der Waals surface area contributed by atoms with Crippen molar-refractivity contribution in [2.24, 2.45) is 5.92 Å². The maximum absolute atomic E-state index is 8.76. The predicted octanol–water partition coefficient (Wildman–Crippen LogP) is 1.42. The number of hydrogen-bond donors (Lipinski definition) is 1. The van der Waals surface area contributed by atoms with E-state index >= 15 is 0 Å². The molecule has 1 unspecified atom stereocenters. The van der Waals surface area contributed by atoms with Gasteiger partial charge in [-0.1, -0.05) is 13.8 Å². The van der Waals surface area contributed by atoms with Crippen LogP contribution >= 0.6 is 0 Å². The molecule has 1 heteroatoms. The van der Waals surface area contributed by atoms with E-state index < -0.39 is 0 Å². The van der Waals surface area contributed by atoms with Gasteiger partial charge in [-0.3, -0.25) is 0 Å². The fraction of sp³-hybridized carbons (Fsp3) is 0.750. The molecule has 0 rings (SSSR count). The van der Waals surface area contributed by atoms with Crippen LogP contribution in [0.3, 0.4) is 0 Å². The molecule has 0 radical (unpaired) electrons. The fourth-order valence-electron chi connectivity index (χ4n) is 0.411. The van der Waals surface area contributed by atoms with Crippen molar-refractivity contribution in [1.29, 1.82) is 0 Å². The Bertz CT molecular complexity index is 114. The second-order valence-electron chi connectivity index (χ2n) is 2.53. The minimum atomic E-state index is -0.281. The highest BCUT2D eigenvalue weighted by Crippen LogP contribution is 1.89. The summed E-state index contributed by atoms with van der Waals surface area (Å²) in [6.45, 7) is 5.82. The van der Waals surface area contributed by atoms with Crippen LogP contribution in [-0.4, -0.2) is 11.2 Å². The van der Waals surface area contributed by atoms with E-state index in [1.807, 2.05) is 13.8 Å². The predicted molar refractivity (Wildman–Crippen MR) is 38.9 cm³/mol. The molecule has 0 aliphatic carbocycles. The van der Waals surface area contributed by atoms with Gasteiger partial charge in [-0.15, -0.1) is 11.8 Å². The smallest absolute Gasteiger partial charge is 0.0621 e. The van der Waals surface area contributed by atoms with Crippen LogP contribution in [0.25, 0.3) is 0 Å². The summed E-state index contributed by atoms with van der Waals surface area (Å²) in [5.74, 6) is 6.27. The van der Waals surface area contributed by atoms with Crippen molar-refractivity contribution in [2.75, 3.05) is 0 Å². The topological polar surface area (TPSA) is 20.2 Å². The van der Waals surface area contributed by atoms with Gasteiger partial charge in [0.15, 0.2) is 0 Å². The van der Waals surface area contributed by atoms with Gasteiger partial charge in [-0.2, -0.15) is 0 Å². The van der Waals surface area contributed by atoms with Gasteiger partial charge in [0, 0.05) is 12.3 Å². The van der Waals surface area contributed by atoms with Gasteiger partial charge in [-0.25, -0.2) is 0 Å². The SMILES string of the molecule is CC(C)C#CCC(C)O. The van der Waals surface area contributed by atoms with Crippen molar-refractivity contribution in [3.8, 4) is 11.8 Å². The van der Waals surface area contributed by atoms with Crippen LogP contribution in [-0.2, 0) is 0 Å². The van der Waals surface area contributed by atoms with Crippen molar-refractivity contribution in [2.45, 2.75) is 33.3 Å². The largest absolute Gasteiger partial charge is 0.392 e. The minimum absolute atomic E-state index is 0.281. The maximum atomic E-state index is 8.76. The van der Waals surface area contributed by atoms with E-state index in [-0.39, 0.29) is 6.10 Å². The zero-order valence-electron chi connectivity index (χ0n) is 6.31. The highest BCUT2D eigenvalue weighted by molar-refractivity contribution is 5.01. The molecule has 1 N–H and O–H groups in total. The second-order valence-corrected chi connectivity index (χ2v) is 2.53. The maximum Gasteiger partial charge on any atom is 0.0621 e. The van der Waals surface area contributed by atoms with E-state index in [0.717, 1.165) is 0 Å². The third-order valence-electron chi connectivity index (χ3n) is 0.788. The van der Waals surface area contributed by atoms with E-state index in [1.54, 1.807) is 6.92 Å². The monoisotopic (exact) mass is 126 g/mol. The van der Waals surface area contributed by atoms with Gasteiger partial charge in [0.25, 0.3) is 0 Å². The molecule has 1 atom stereocenters. The molecule has 0 fully saturated rings. The Labute approximate surface area is 57.1 Å². The van der Waals surface area contributed by atoms with Gasteiger partial charge in [0.05, 0.1) is 6.10 Å². The Morgan fingerprint density at radius 2 is 1.89 bits per heavy atom. The van der Waals surface area contributed by atoms with Gasteiger partial charge in [0.2, 0.25) is 0 Å². The summed E-state index contributed by atoms with van der Waals surface area (Å²) in [6, 6.07) is 0. The molecule has 0 saturated heterocycles. The molecule has 0 aromatic rings. The summed E-state index contributed by atoms with van der Waals surface area (Å²) in [5.41, 5.74) is 0. The second kappa shape index (κ2) is 4.40. The highest BCUT2D eigenvalue weighted by Gasteiger charge is 1.88. The molecule has 0 spiro atoms. The zero-order valence-corrected chi connectivity index (χ0v) is 6.31. The van der Waals surface area contributed by atoms with Crippen molar-refractivity contribution in [3.05, 3.63) is 0 Å². The average Bonchev–Trinajstić information content (AvgIpc) is 1.63. The molecule has 0 heterocycles. The molecule has 52 valence electrons. The summed E-state index contributed by atoms with van der Waals surface area (Å²) >= 11 is 0. The molecule has 0 aliphatic rings. The van der Waals surface area contributed by atoms with Crippen LogP contribution in [0.5, 0.6) is 0 Å². The van der Waals surface area contributed by atoms with Crippen LogP contribution < -0.4 is 0 Å². The van der Waals surface area contributed by atoms with E-state index in [9.17, 15) is 0 Å². The molecule has 9 heavy (non-hydrogen) atoms. The molecule has 0 saturated carbocycles. The Kier molecular flexibility index (Phi) is 4.17. The first kappa shape index (κ1) is 8.52. The van der Waals surface area contributed by atoms with Crippen molar-refractivity contribution in [1.82, 2.24) is 0 Å². The molecule has 0 aromatic heterocycles. The lowest BCUT2D eigenvalue weighted by atomic mass is 10.2. The normalized spacial score (nSPS) is 12.6. The number of hydrogen-bond acceptors (Lipinski definition) is 1. The van der Waals surface area contributed by atoms with Gasteiger partial charge in [-0.05, 0) is 6.92 Å². The first-order chi connectivity index (χ1) is 4.13. The highest BCUT2D eigenvalue weighted by atomic mass is 16.3. The van der Waals surface area contributed by atoms with Crippen LogP contribution in [0.15, 0.2) is 0 Å². The summed E-state index contributed by atoms with van der Waals surface area (Å²) in [5, 5.41) is 8.76. The quantitative estimate of drug-likeness (QED) is 0.527. The first-order valence-corrected chi connectivity index (χ1v) is 3.29. The lowest BCUT2D eigenvalue weighted by Crippen LogP contribution is -1.96. The fourth-order valence-corrected chi connectivity index (χ4v) is 0.411. The number of aliphatic hydroxyl groups is 1. The van der Waals surface area contributed by atoms with Gasteiger partial charge < -0.3 is 5.11 Å². The molecular weight excluding hydrogens is 112 g/mol. The van der Waals surface area contributed by atoms with E-state index in [0.29, 0.717) is 12.3 Å². The Hall–Kier alpha value is -0.480. The third kappa shape index (κ3) is 7.52. The molecule has 1 nitrogen and oxygen atoms in total. The lowest BCUT2D eigenvalue weighted by molar-refractivity contribution is 0.201. The van der Waals surface area contributed by atoms with E-state index in [2.05, 4.69) is 11.8 Å². The molecular formula is C8H14O. The van der Waals surface area contributed by atoms with Crippen molar-refractivity contribution in [3.63, 3.8) is 0 Å². The number of aliphatic hydroxyl groups excluding tert-OH is 1. The Balaban J connectivity index is 3.38. The number of rotatable bonds is 1. The third-order valence-corrected chi connectivity index (χ3v) is 0.788. The molecule has 0 amide bonds. The lowest BCUT2D eigenvalue weighted by Gasteiger charge is -1.93. The summed E-state index contributed by atoms with van der Waals surface area (Å²) in [7, 11) is 0. The molecule has 0 bridgehead atoms. The summed E-state index contributed by atoms with van der Waals surface area (Å²) in [4.78, 5) is 0. The Morgan fingerprint density at radius 3 is 2.22 bits per heavy atom. The van der Waals surface area contributed by atoms with Crippen molar-refractivity contribution < 1.29 is 5.11 Å². The van der Waals surface area contributed by atoms with Crippen LogP contribution in [0.1, 0.15) is 27.2 Å². The first-order valence-electron chi connectivity index (χ1n) is 3.29. The zero-order chi connectivity index (χ0) is 7.28.